The second kappa shape index (κ2) is 5.06. The normalized spacial score (nSPS) is 15.4. The monoisotopic (exact) mass is 289 g/mol. The molecular weight excluding hydrogens is 270 g/mol. The van der Waals surface area contributed by atoms with Crippen molar-refractivity contribution in [3.05, 3.63) is 35.7 Å². The molecule has 1 N–H and O–H groups in total. The maximum Gasteiger partial charge on any atom is 0.116 e. The molecule has 3 aromatic rings. The minimum absolute atomic E-state index is 0.733. The number of hydrogen-bond donors (Lipinski definition) is 1. The van der Waals surface area contributed by atoms with Crippen molar-refractivity contribution in [1.29, 1.82) is 0 Å². The zero-order valence-corrected chi connectivity index (χ0v) is 12.8. The molecule has 0 bridgehead atoms. The van der Waals surface area contributed by atoms with Crippen LogP contribution in [0.2, 0.25) is 0 Å². The van der Waals surface area contributed by atoms with Crippen molar-refractivity contribution in [2.45, 2.75) is 26.2 Å². The molecule has 0 aliphatic carbocycles. The number of hydrogen-bond acceptors (Lipinski definition) is 2. The van der Waals surface area contributed by atoms with E-state index in [1.54, 1.807) is 0 Å². The lowest BCUT2D eigenvalue weighted by Crippen LogP contribution is -2.29. The Morgan fingerprint density at radius 1 is 1.18 bits per heavy atom. The maximum absolute atomic E-state index is 5.57. The smallest absolute Gasteiger partial charge is 0.116 e. The standard InChI is InChI=1S/C19H19N3/c1-3-16-13(2)19-15-11-14(22-9-5-4-6-10-22)7-8-17(15)21-18(19)12-20-16/h1,7-8,11-12,21H,4-6,9-10H2,2H3. The second-order valence-electron chi connectivity index (χ2n) is 6.07. The van der Waals surface area contributed by atoms with Gasteiger partial charge in [-0.05, 0) is 55.9 Å². The van der Waals surface area contributed by atoms with Gasteiger partial charge < -0.3 is 9.88 Å². The maximum atomic E-state index is 5.57. The average molecular weight is 289 g/mol. The number of terminal acetylenes is 1. The number of aromatic amines is 1. The molecule has 3 nitrogen and oxygen atoms in total. The number of nitrogens with zero attached hydrogens (tertiary/aromatic N) is 2. The van der Waals surface area contributed by atoms with Crippen molar-refractivity contribution < 1.29 is 0 Å². The van der Waals surface area contributed by atoms with Gasteiger partial charge >= 0.3 is 0 Å². The summed E-state index contributed by atoms with van der Waals surface area (Å²) in [4.78, 5) is 10.3. The fraction of sp³-hybridized carbons (Fsp3) is 0.316. The Kier molecular flexibility index (Phi) is 3.04. The first-order valence-corrected chi connectivity index (χ1v) is 7.90. The van der Waals surface area contributed by atoms with E-state index >= 15 is 0 Å². The first-order chi connectivity index (χ1) is 10.8. The number of fused-ring (bicyclic) bond motifs is 3. The third kappa shape index (κ3) is 1.95. The molecule has 1 aromatic carbocycles. The van der Waals surface area contributed by atoms with E-state index in [1.165, 1.54) is 35.7 Å². The van der Waals surface area contributed by atoms with E-state index in [-0.39, 0.29) is 0 Å². The molecule has 1 fully saturated rings. The molecule has 0 spiro atoms. The van der Waals surface area contributed by atoms with E-state index in [0.717, 1.165) is 35.4 Å². The number of benzene rings is 1. The lowest BCUT2D eigenvalue weighted by molar-refractivity contribution is 0.578. The van der Waals surface area contributed by atoms with Crippen LogP contribution >= 0.6 is 0 Å². The van der Waals surface area contributed by atoms with Crippen LogP contribution in [0, 0.1) is 19.3 Å². The van der Waals surface area contributed by atoms with Gasteiger partial charge in [-0.2, -0.15) is 0 Å². The molecular formula is C19H19N3. The van der Waals surface area contributed by atoms with Gasteiger partial charge in [0.2, 0.25) is 0 Å². The summed E-state index contributed by atoms with van der Waals surface area (Å²) in [7, 11) is 0. The first-order valence-electron chi connectivity index (χ1n) is 7.90. The van der Waals surface area contributed by atoms with Crippen LogP contribution in [0.4, 0.5) is 5.69 Å². The van der Waals surface area contributed by atoms with Crippen molar-refractivity contribution in [2.75, 3.05) is 18.0 Å². The quantitative estimate of drug-likeness (QED) is 0.687. The Labute approximate surface area is 130 Å². The minimum atomic E-state index is 0.733. The Morgan fingerprint density at radius 2 is 2.00 bits per heavy atom. The summed E-state index contributed by atoms with van der Waals surface area (Å²) in [5, 5.41) is 2.45. The van der Waals surface area contributed by atoms with Crippen molar-refractivity contribution >= 4 is 27.5 Å². The minimum Gasteiger partial charge on any atom is -0.372 e. The highest BCUT2D eigenvalue weighted by molar-refractivity contribution is 6.10. The molecule has 22 heavy (non-hydrogen) atoms. The summed E-state index contributed by atoms with van der Waals surface area (Å²) in [6, 6.07) is 6.69. The number of aromatic nitrogens is 2. The van der Waals surface area contributed by atoms with E-state index in [1.807, 2.05) is 6.20 Å². The van der Waals surface area contributed by atoms with Crippen LogP contribution in [-0.4, -0.2) is 23.1 Å². The van der Waals surface area contributed by atoms with Crippen LogP contribution in [0.5, 0.6) is 0 Å². The molecule has 0 amide bonds. The molecule has 0 atom stereocenters. The molecule has 1 saturated heterocycles. The van der Waals surface area contributed by atoms with Crippen LogP contribution in [-0.2, 0) is 0 Å². The Balaban J connectivity index is 1.94. The number of rotatable bonds is 1. The summed E-state index contributed by atoms with van der Waals surface area (Å²) in [6.07, 6.45) is 11.3. The third-order valence-corrected chi connectivity index (χ3v) is 4.72. The van der Waals surface area contributed by atoms with E-state index in [9.17, 15) is 0 Å². The number of piperidine rings is 1. The van der Waals surface area contributed by atoms with Crippen LogP contribution in [0.15, 0.2) is 24.4 Å². The molecule has 4 rings (SSSR count). The van der Waals surface area contributed by atoms with Gasteiger partial charge in [-0.1, -0.05) is 0 Å². The molecule has 2 aromatic heterocycles. The van der Waals surface area contributed by atoms with Gasteiger partial charge in [0.15, 0.2) is 0 Å². The van der Waals surface area contributed by atoms with Gasteiger partial charge in [0.1, 0.15) is 5.69 Å². The summed E-state index contributed by atoms with van der Waals surface area (Å²) >= 11 is 0. The number of pyridine rings is 1. The lowest BCUT2D eigenvalue weighted by Gasteiger charge is -2.28. The first kappa shape index (κ1) is 13.2. The van der Waals surface area contributed by atoms with E-state index < -0.39 is 0 Å². The Hall–Kier alpha value is -2.47. The van der Waals surface area contributed by atoms with Crippen LogP contribution < -0.4 is 4.90 Å². The zero-order valence-electron chi connectivity index (χ0n) is 12.8. The summed E-state index contributed by atoms with van der Waals surface area (Å²) in [5.74, 6) is 2.68. The van der Waals surface area contributed by atoms with E-state index in [4.69, 9.17) is 6.42 Å². The number of nitrogens with one attached hydrogen (secondary N) is 1. The average Bonchev–Trinajstić information content (AvgIpc) is 2.94. The van der Waals surface area contributed by atoms with Crippen molar-refractivity contribution in [2.24, 2.45) is 0 Å². The van der Waals surface area contributed by atoms with Crippen LogP contribution in [0.25, 0.3) is 21.8 Å². The SMILES string of the molecule is C#Cc1ncc2[nH]c3ccc(N4CCCCC4)cc3c2c1C. The van der Waals surface area contributed by atoms with Crippen molar-refractivity contribution in [1.82, 2.24) is 9.97 Å². The molecule has 0 radical (unpaired) electrons. The lowest BCUT2D eigenvalue weighted by atomic mass is 10.1. The number of anilines is 1. The van der Waals surface area contributed by atoms with Crippen molar-refractivity contribution in [3.8, 4) is 12.3 Å². The summed E-state index contributed by atoms with van der Waals surface area (Å²) < 4.78 is 0. The Morgan fingerprint density at radius 3 is 2.77 bits per heavy atom. The predicted molar refractivity (Wildman–Crippen MR) is 92.3 cm³/mol. The van der Waals surface area contributed by atoms with Gasteiger partial charge in [0.05, 0.1) is 11.7 Å². The molecule has 0 saturated carbocycles. The van der Waals surface area contributed by atoms with Crippen molar-refractivity contribution in [3.63, 3.8) is 0 Å². The topological polar surface area (TPSA) is 31.9 Å². The number of H-pyrrole nitrogens is 1. The largest absolute Gasteiger partial charge is 0.372 e. The summed E-state index contributed by atoms with van der Waals surface area (Å²) in [6.45, 7) is 4.37. The molecule has 1 aliphatic heterocycles. The van der Waals surface area contributed by atoms with Crippen LogP contribution in [0.3, 0.4) is 0 Å². The summed E-state index contributed by atoms with van der Waals surface area (Å²) in [5.41, 5.74) is 5.34. The molecule has 110 valence electrons. The van der Waals surface area contributed by atoms with E-state index in [2.05, 4.69) is 45.9 Å². The molecule has 3 heterocycles. The number of aryl methyl sites for hydroxylation is 1. The predicted octanol–water partition coefficient (Wildman–Crippen LogP) is 4.00. The highest BCUT2D eigenvalue weighted by Gasteiger charge is 2.14. The molecule has 1 aliphatic rings. The fourth-order valence-electron chi connectivity index (χ4n) is 3.54. The Bertz CT molecular complexity index is 892. The van der Waals surface area contributed by atoms with Crippen LogP contribution in [0.1, 0.15) is 30.5 Å². The zero-order chi connectivity index (χ0) is 15.1. The molecule has 3 heteroatoms. The van der Waals surface area contributed by atoms with Gasteiger partial charge in [0, 0.05) is 35.1 Å². The third-order valence-electron chi connectivity index (χ3n) is 4.72. The fourth-order valence-corrected chi connectivity index (χ4v) is 3.54. The van der Waals surface area contributed by atoms with Gasteiger partial charge in [-0.3, -0.25) is 0 Å². The second-order valence-corrected chi connectivity index (χ2v) is 6.07. The van der Waals surface area contributed by atoms with Gasteiger partial charge in [0.25, 0.3) is 0 Å². The highest BCUT2D eigenvalue weighted by atomic mass is 15.1. The highest BCUT2D eigenvalue weighted by Crippen LogP contribution is 2.32. The molecule has 0 unspecified atom stereocenters. The van der Waals surface area contributed by atoms with Gasteiger partial charge in [-0.15, -0.1) is 6.42 Å². The van der Waals surface area contributed by atoms with Gasteiger partial charge in [-0.25, -0.2) is 4.98 Å². The van der Waals surface area contributed by atoms with E-state index in [0.29, 0.717) is 0 Å².